The SMILES string of the molecule is O=C1N(C[NH+]2CCc3ccccc3C2)c2ccccc2C12O[C@H]1CCCCC[C@H]1O2. The molecule has 0 bridgehead atoms. The molecule has 6 rings (SSSR count). The summed E-state index contributed by atoms with van der Waals surface area (Å²) in [5.74, 6) is -1.28. The van der Waals surface area contributed by atoms with E-state index in [9.17, 15) is 4.79 Å². The van der Waals surface area contributed by atoms with Crippen molar-refractivity contribution < 1.29 is 19.2 Å². The summed E-state index contributed by atoms with van der Waals surface area (Å²) in [6.45, 7) is 2.62. The van der Waals surface area contributed by atoms with Gasteiger partial charge in [0, 0.05) is 17.5 Å². The van der Waals surface area contributed by atoms with Crippen LogP contribution in [0.25, 0.3) is 0 Å². The van der Waals surface area contributed by atoms with E-state index in [0.717, 1.165) is 56.4 Å². The molecule has 5 heteroatoms. The molecule has 3 heterocycles. The van der Waals surface area contributed by atoms with Crippen LogP contribution in [0.3, 0.4) is 0 Å². The number of hydrogen-bond donors (Lipinski definition) is 1. The normalized spacial score (nSPS) is 32.6. The van der Waals surface area contributed by atoms with Crippen molar-refractivity contribution in [3.8, 4) is 0 Å². The molecule has 2 fully saturated rings. The quantitative estimate of drug-likeness (QED) is 0.835. The molecule has 3 aliphatic heterocycles. The smallest absolute Gasteiger partial charge is 0.296 e. The Morgan fingerprint density at radius 3 is 2.43 bits per heavy atom. The van der Waals surface area contributed by atoms with E-state index in [-0.39, 0.29) is 18.1 Å². The number of hydrogen-bond acceptors (Lipinski definition) is 3. The number of quaternary nitrogens is 1. The second-order valence-electron chi connectivity index (χ2n) is 9.17. The second-order valence-corrected chi connectivity index (χ2v) is 9.17. The molecular formula is C25H29N2O3+. The Hall–Kier alpha value is -2.21. The van der Waals surface area contributed by atoms with Crippen LogP contribution in [-0.4, -0.2) is 31.3 Å². The molecule has 1 amide bonds. The lowest BCUT2D eigenvalue weighted by Gasteiger charge is -2.30. The molecule has 1 aliphatic carbocycles. The zero-order valence-corrected chi connectivity index (χ0v) is 17.3. The van der Waals surface area contributed by atoms with E-state index in [2.05, 4.69) is 24.3 Å². The Kier molecular flexibility index (Phi) is 4.44. The molecule has 156 valence electrons. The van der Waals surface area contributed by atoms with E-state index in [1.54, 1.807) is 0 Å². The highest BCUT2D eigenvalue weighted by Crippen LogP contribution is 2.50. The predicted octanol–water partition coefficient (Wildman–Crippen LogP) is 2.53. The van der Waals surface area contributed by atoms with Crippen molar-refractivity contribution in [1.29, 1.82) is 0 Å². The van der Waals surface area contributed by atoms with Gasteiger partial charge in [0.25, 0.3) is 11.7 Å². The van der Waals surface area contributed by atoms with E-state index >= 15 is 0 Å². The molecule has 0 aromatic heterocycles. The number of ether oxygens (including phenoxy) is 2. The number of amides is 1. The van der Waals surface area contributed by atoms with Crippen LogP contribution in [0.2, 0.25) is 0 Å². The third-order valence-corrected chi connectivity index (χ3v) is 7.29. The number of nitrogens with one attached hydrogen (secondary N) is 1. The third kappa shape index (κ3) is 2.83. The van der Waals surface area contributed by atoms with Gasteiger partial charge in [-0.15, -0.1) is 0 Å². The third-order valence-electron chi connectivity index (χ3n) is 7.29. The summed E-state index contributed by atoms with van der Waals surface area (Å²) >= 11 is 0. The van der Waals surface area contributed by atoms with Gasteiger partial charge in [0.1, 0.15) is 6.54 Å². The summed E-state index contributed by atoms with van der Waals surface area (Å²) in [4.78, 5) is 17.1. The predicted molar refractivity (Wildman–Crippen MR) is 113 cm³/mol. The summed E-state index contributed by atoms with van der Waals surface area (Å²) in [7, 11) is 0. The molecule has 2 unspecified atom stereocenters. The van der Waals surface area contributed by atoms with Crippen molar-refractivity contribution in [1.82, 2.24) is 0 Å². The van der Waals surface area contributed by atoms with Gasteiger partial charge in [-0.2, -0.15) is 0 Å². The van der Waals surface area contributed by atoms with Gasteiger partial charge in [-0.25, -0.2) is 0 Å². The maximum atomic E-state index is 13.8. The van der Waals surface area contributed by atoms with Crippen LogP contribution in [0.15, 0.2) is 48.5 Å². The van der Waals surface area contributed by atoms with Crippen molar-refractivity contribution in [3.63, 3.8) is 0 Å². The minimum absolute atomic E-state index is 0.0265. The van der Waals surface area contributed by atoms with Gasteiger partial charge in [-0.3, -0.25) is 9.69 Å². The zero-order valence-electron chi connectivity index (χ0n) is 17.3. The van der Waals surface area contributed by atoms with Gasteiger partial charge in [0.2, 0.25) is 0 Å². The number of para-hydroxylation sites is 1. The largest absolute Gasteiger partial charge is 0.332 e. The highest BCUT2D eigenvalue weighted by molar-refractivity contribution is 6.06. The number of fused-ring (bicyclic) bond motifs is 4. The minimum Gasteiger partial charge on any atom is -0.332 e. The molecule has 1 N–H and O–H groups in total. The number of carbonyl (C=O) groups is 1. The van der Waals surface area contributed by atoms with Crippen LogP contribution >= 0.6 is 0 Å². The Morgan fingerprint density at radius 2 is 1.63 bits per heavy atom. The summed E-state index contributed by atoms with van der Waals surface area (Å²) in [6, 6.07) is 16.7. The summed E-state index contributed by atoms with van der Waals surface area (Å²) in [5.41, 5.74) is 4.67. The Bertz CT molecular complexity index is 960. The van der Waals surface area contributed by atoms with Crippen molar-refractivity contribution in [2.24, 2.45) is 0 Å². The van der Waals surface area contributed by atoms with E-state index in [1.807, 2.05) is 29.2 Å². The molecule has 4 aliphatic rings. The number of anilines is 1. The lowest BCUT2D eigenvalue weighted by molar-refractivity contribution is -0.914. The van der Waals surface area contributed by atoms with Gasteiger partial charge in [-0.05, 0) is 24.5 Å². The minimum atomic E-state index is -1.24. The molecule has 0 radical (unpaired) electrons. The van der Waals surface area contributed by atoms with E-state index in [1.165, 1.54) is 22.4 Å². The van der Waals surface area contributed by atoms with Crippen molar-refractivity contribution in [3.05, 3.63) is 65.2 Å². The van der Waals surface area contributed by atoms with Crippen LogP contribution in [0.5, 0.6) is 0 Å². The van der Waals surface area contributed by atoms with E-state index in [0.29, 0.717) is 6.67 Å². The fourth-order valence-electron chi connectivity index (χ4n) is 5.74. The van der Waals surface area contributed by atoms with Crippen LogP contribution in [0, 0.1) is 0 Å². The number of carbonyl (C=O) groups excluding carboxylic acids is 1. The first-order chi connectivity index (χ1) is 14.7. The Balaban J connectivity index is 1.29. The lowest BCUT2D eigenvalue weighted by atomic mass is 10.0. The highest BCUT2D eigenvalue weighted by atomic mass is 16.8. The monoisotopic (exact) mass is 405 g/mol. The molecule has 30 heavy (non-hydrogen) atoms. The van der Waals surface area contributed by atoms with Gasteiger partial charge in [0.15, 0.2) is 6.67 Å². The molecule has 4 atom stereocenters. The van der Waals surface area contributed by atoms with E-state index < -0.39 is 5.79 Å². The average molecular weight is 406 g/mol. The maximum absolute atomic E-state index is 13.8. The van der Waals surface area contributed by atoms with Gasteiger partial charge in [0.05, 0.1) is 24.4 Å². The highest BCUT2D eigenvalue weighted by Gasteiger charge is 2.61. The van der Waals surface area contributed by atoms with Crippen LogP contribution < -0.4 is 9.80 Å². The van der Waals surface area contributed by atoms with Crippen molar-refractivity contribution in [2.75, 3.05) is 18.1 Å². The maximum Gasteiger partial charge on any atom is 0.296 e. The standard InChI is InChI=1S/C25H28N2O3/c28-24-25(29-22-12-2-1-3-13-23(22)30-25)20-10-6-7-11-21(20)27(24)17-26-15-14-18-8-4-5-9-19(18)16-26/h4-11,22-23H,1-3,12-17H2/p+1/t22-,23+,25?. The van der Waals surface area contributed by atoms with E-state index in [4.69, 9.17) is 9.47 Å². The fourth-order valence-corrected chi connectivity index (χ4v) is 5.74. The zero-order chi connectivity index (χ0) is 20.1. The Morgan fingerprint density at radius 1 is 0.933 bits per heavy atom. The van der Waals surface area contributed by atoms with Crippen LogP contribution in [0.4, 0.5) is 5.69 Å². The van der Waals surface area contributed by atoms with Crippen LogP contribution in [-0.2, 0) is 33.0 Å². The number of benzene rings is 2. The molecule has 1 spiro atoms. The molecule has 2 aromatic carbocycles. The molecule has 2 aromatic rings. The van der Waals surface area contributed by atoms with Crippen molar-refractivity contribution >= 4 is 11.6 Å². The number of nitrogens with zero attached hydrogens (tertiary/aromatic N) is 1. The summed E-state index contributed by atoms with van der Waals surface area (Å²) in [6.07, 6.45) is 6.60. The first-order valence-electron chi connectivity index (χ1n) is 11.4. The van der Waals surface area contributed by atoms with Gasteiger partial charge >= 0.3 is 0 Å². The first kappa shape index (κ1) is 18.6. The van der Waals surface area contributed by atoms with Gasteiger partial charge < -0.3 is 14.4 Å². The van der Waals surface area contributed by atoms with Crippen LogP contribution in [0.1, 0.15) is 48.8 Å². The first-order valence-corrected chi connectivity index (χ1v) is 11.4. The fraction of sp³-hybridized carbons (Fsp3) is 0.480. The van der Waals surface area contributed by atoms with Crippen molar-refractivity contribution in [2.45, 2.75) is 63.1 Å². The molecule has 5 nitrogen and oxygen atoms in total. The number of rotatable bonds is 2. The molecule has 1 saturated carbocycles. The topological polar surface area (TPSA) is 43.2 Å². The second kappa shape index (κ2) is 7.19. The molecular weight excluding hydrogens is 376 g/mol. The molecule has 1 saturated heterocycles. The Labute approximate surface area is 177 Å². The summed E-state index contributed by atoms with van der Waals surface area (Å²) < 4.78 is 13.0. The summed E-state index contributed by atoms with van der Waals surface area (Å²) in [5, 5.41) is 0. The average Bonchev–Trinajstić information content (AvgIpc) is 3.15. The van der Waals surface area contributed by atoms with Gasteiger partial charge in [-0.1, -0.05) is 61.7 Å². The lowest BCUT2D eigenvalue weighted by Crippen LogP contribution is -3.13.